The van der Waals surface area contributed by atoms with E-state index in [1.807, 2.05) is 6.07 Å². The van der Waals surface area contributed by atoms with Crippen molar-refractivity contribution in [3.8, 4) is 0 Å². The fourth-order valence-corrected chi connectivity index (χ4v) is 4.84. The maximum atomic E-state index is 12.6. The molecule has 2 aromatic rings. The van der Waals surface area contributed by atoms with Crippen molar-refractivity contribution in [1.82, 2.24) is 14.5 Å². The van der Waals surface area contributed by atoms with E-state index in [9.17, 15) is 4.79 Å². The molecule has 1 aromatic carbocycles. The molecule has 28 heavy (non-hydrogen) atoms. The van der Waals surface area contributed by atoms with Crippen molar-refractivity contribution >= 4 is 22.6 Å². The molecule has 1 amide bonds. The van der Waals surface area contributed by atoms with E-state index < -0.39 is 0 Å². The number of rotatable bonds is 5. The number of aromatic nitrogens is 2. The van der Waals surface area contributed by atoms with Crippen LogP contribution in [0, 0.1) is 5.92 Å². The molecule has 1 saturated heterocycles. The maximum absolute atomic E-state index is 12.6. The van der Waals surface area contributed by atoms with Gasteiger partial charge in [0.15, 0.2) is 0 Å². The number of nitrogens with zero attached hydrogens (tertiary/aromatic N) is 3. The predicted octanol–water partition coefficient (Wildman–Crippen LogP) is 5.12. The summed E-state index contributed by atoms with van der Waals surface area (Å²) in [6, 6.07) is 6.58. The fraction of sp³-hybridized carbons (Fsp3) is 0.652. The van der Waals surface area contributed by atoms with E-state index in [0.717, 1.165) is 41.9 Å². The van der Waals surface area contributed by atoms with Crippen LogP contribution in [0.15, 0.2) is 18.2 Å². The monoisotopic (exact) mass is 382 g/mol. The van der Waals surface area contributed by atoms with Crippen LogP contribution in [-0.2, 0) is 11.3 Å². The summed E-state index contributed by atoms with van der Waals surface area (Å²) < 4.78 is 2.36. The van der Waals surface area contributed by atoms with E-state index in [-0.39, 0.29) is 11.8 Å². The predicted molar refractivity (Wildman–Crippen MR) is 114 cm³/mol. The van der Waals surface area contributed by atoms with Crippen molar-refractivity contribution < 1.29 is 4.79 Å². The zero-order valence-corrected chi connectivity index (χ0v) is 17.4. The van der Waals surface area contributed by atoms with Crippen LogP contribution in [0.1, 0.15) is 77.1 Å². The molecule has 0 unspecified atom stereocenters. The second-order valence-corrected chi connectivity index (χ2v) is 8.86. The third-order valence-corrected chi connectivity index (χ3v) is 6.34. The standard InChI is InChI=1S/C23H34N4O/c1-17(2)27-21-12-11-19(24-23(28)18-9-5-3-6-10-18)15-20(21)25-22(27)16-26-13-7-4-8-14-26/h11-12,15,17-18H,3-10,13-14,16H2,1-2H3,(H,24,28). The highest BCUT2D eigenvalue weighted by molar-refractivity contribution is 5.94. The van der Waals surface area contributed by atoms with Gasteiger partial charge >= 0.3 is 0 Å². The summed E-state index contributed by atoms with van der Waals surface area (Å²) in [7, 11) is 0. The van der Waals surface area contributed by atoms with Crippen LogP contribution < -0.4 is 5.32 Å². The van der Waals surface area contributed by atoms with Crippen molar-refractivity contribution in [3.05, 3.63) is 24.0 Å². The molecule has 0 atom stereocenters. The van der Waals surface area contributed by atoms with Crippen molar-refractivity contribution in [2.45, 2.75) is 77.8 Å². The van der Waals surface area contributed by atoms with E-state index in [2.05, 4.69) is 40.8 Å². The fourth-order valence-electron chi connectivity index (χ4n) is 4.84. The van der Waals surface area contributed by atoms with E-state index in [1.165, 1.54) is 51.6 Å². The first-order chi connectivity index (χ1) is 13.6. The van der Waals surface area contributed by atoms with E-state index >= 15 is 0 Å². The van der Waals surface area contributed by atoms with Gasteiger partial charge in [0.2, 0.25) is 5.91 Å². The number of carbonyl (C=O) groups is 1. The smallest absolute Gasteiger partial charge is 0.227 e. The number of hydrogen-bond donors (Lipinski definition) is 1. The average Bonchev–Trinajstić information content (AvgIpc) is 3.06. The zero-order chi connectivity index (χ0) is 19.5. The number of carbonyl (C=O) groups excluding carboxylic acids is 1. The number of fused-ring (bicyclic) bond motifs is 1. The van der Waals surface area contributed by atoms with Gasteiger partial charge in [-0.2, -0.15) is 0 Å². The topological polar surface area (TPSA) is 50.2 Å². The van der Waals surface area contributed by atoms with Gasteiger partial charge in [0.05, 0.1) is 17.6 Å². The molecule has 4 rings (SSSR count). The van der Waals surface area contributed by atoms with Crippen LogP contribution in [0.5, 0.6) is 0 Å². The molecule has 5 nitrogen and oxygen atoms in total. The number of amides is 1. The van der Waals surface area contributed by atoms with Crippen molar-refractivity contribution in [2.75, 3.05) is 18.4 Å². The highest BCUT2D eigenvalue weighted by Gasteiger charge is 2.22. The molecule has 5 heteroatoms. The lowest BCUT2D eigenvalue weighted by Crippen LogP contribution is -2.30. The lowest BCUT2D eigenvalue weighted by molar-refractivity contribution is -0.120. The lowest BCUT2D eigenvalue weighted by atomic mass is 9.88. The van der Waals surface area contributed by atoms with Gasteiger partial charge in [-0.15, -0.1) is 0 Å². The van der Waals surface area contributed by atoms with Crippen LogP contribution in [0.4, 0.5) is 5.69 Å². The Morgan fingerprint density at radius 1 is 1.11 bits per heavy atom. The second kappa shape index (κ2) is 8.64. The minimum atomic E-state index is 0.173. The second-order valence-electron chi connectivity index (χ2n) is 8.86. The summed E-state index contributed by atoms with van der Waals surface area (Å²) in [5, 5.41) is 3.14. The van der Waals surface area contributed by atoms with Crippen molar-refractivity contribution in [3.63, 3.8) is 0 Å². The van der Waals surface area contributed by atoms with Gasteiger partial charge in [0.1, 0.15) is 5.82 Å². The molecule has 0 spiro atoms. The van der Waals surface area contributed by atoms with Crippen LogP contribution in [-0.4, -0.2) is 33.4 Å². The summed E-state index contributed by atoms with van der Waals surface area (Å²) >= 11 is 0. The Hall–Kier alpha value is -1.88. The first-order valence-corrected chi connectivity index (χ1v) is 11.2. The number of imidazole rings is 1. The minimum absolute atomic E-state index is 0.173. The van der Waals surface area contributed by atoms with Gasteiger partial charge in [-0.05, 0) is 70.8 Å². The zero-order valence-electron chi connectivity index (χ0n) is 17.4. The van der Waals surface area contributed by atoms with Gasteiger partial charge < -0.3 is 9.88 Å². The molecule has 1 aliphatic heterocycles. The molecule has 2 heterocycles. The van der Waals surface area contributed by atoms with Gasteiger partial charge in [0.25, 0.3) is 0 Å². The molecule has 152 valence electrons. The minimum Gasteiger partial charge on any atom is -0.326 e. The Balaban J connectivity index is 1.55. The highest BCUT2D eigenvalue weighted by Crippen LogP contribution is 2.28. The number of piperidine rings is 1. The number of benzene rings is 1. The van der Waals surface area contributed by atoms with E-state index in [0.29, 0.717) is 6.04 Å². The van der Waals surface area contributed by atoms with Crippen LogP contribution in [0.25, 0.3) is 11.0 Å². The van der Waals surface area contributed by atoms with Gasteiger partial charge in [-0.1, -0.05) is 25.7 Å². The Kier molecular flexibility index (Phi) is 6.00. The number of anilines is 1. The van der Waals surface area contributed by atoms with Crippen LogP contribution in [0.2, 0.25) is 0 Å². The molecule has 2 fully saturated rings. The Morgan fingerprint density at radius 3 is 2.54 bits per heavy atom. The number of likely N-dealkylation sites (tertiary alicyclic amines) is 1. The van der Waals surface area contributed by atoms with Gasteiger partial charge in [-0.3, -0.25) is 9.69 Å². The molecule has 0 bridgehead atoms. The summed E-state index contributed by atoms with van der Waals surface area (Å²) in [6.45, 7) is 7.70. The Morgan fingerprint density at radius 2 is 1.82 bits per heavy atom. The van der Waals surface area contributed by atoms with E-state index in [1.54, 1.807) is 0 Å². The largest absolute Gasteiger partial charge is 0.326 e. The number of nitrogens with one attached hydrogen (secondary N) is 1. The first-order valence-electron chi connectivity index (χ1n) is 11.2. The van der Waals surface area contributed by atoms with Crippen LogP contribution in [0.3, 0.4) is 0 Å². The Labute approximate surface area is 168 Å². The summed E-state index contributed by atoms with van der Waals surface area (Å²) in [4.78, 5) is 20.1. The van der Waals surface area contributed by atoms with Gasteiger partial charge in [-0.25, -0.2) is 4.98 Å². The molecule has 0 radical (unpaired) electrons. The lowest BCUT2D eigenvalue weighted by Gasteiger charge is -2.26. The number of hydrogen-bond acceptors (Lipinski definition) is 3. The molecular formula is C23H34N4O. The third-order valence-electron chi connectivity index (χ3n) is 6.34. The maximum Gasteiger partial charge on any atom is 0.227 e. The quantitative estimate of drug-likeness (QED) is 0.781. The SMILES string of the molecule is CC(C)n1c(CN2CCCCC2)nc2cc(NC(=O)C3CCCCC3)ccc21. The van der Waals surface area contributed by atoms with E-state index in [4.69, 9.17) is 4.98 Å². The molecule has 1 aromatic heterocycles. The molecule has 1 saturated carbocycles. The Bertz CT molecular complexity index is 813. The molecule has 1 aliphatic carbocycles. The van der Waals surface area contributed by atoms with Gasteiger partial charge in [0, 0.05) is 17.6 Å². The highest BCUT2D eigenvalue weighted by atomic mass is 16.1. The first kappa shape index (κ1) is 19.4. The summed E-state index contributed by atoms with van der Waals surface area (Å²) in [6.07, 6.45) is 9.60. The van der Waals surface area contributed by atoms with Crippen molar-refractivity contribution in [1.29, 1.82) is 0 Å². The molecule has 2 aliphatic rings. The average molecular weight is 383 g/mol. The third kappa shape index (κ3) is 4.24. The van der Waals surface area contributed by atoms with Crippen molar-refractivity contribution in [2.24, 2.45) is 5.92 Å². The normalized spacial score (nSPS) is 19.4. The molecular weight excluding hydrogens is 348 g/mol. The summed E-state index contributed by atoms with van der Waals surface area (Å²) in [5.74, 6) is 1.49. The summed E-state index contributed by atoms with van der Waals surface area (Å²) in [5.41, 5.74) is 3.03. The van der Waals surface area contributed by atoms with Crippen LogP contribution >= 0.6 is 0 Å². The molecule has 1 N–H and O–H groups in total.